The quantitative estimate of drug-likeness (QED) is 0.536. The summed E-state index contributed by atoms with van der Waals surface area (Å²) in [6.07, 6.45) is 0.417. The van der Waals surface area contributed by atoms with Crippen LogP contribution in [0.4, 0.5) is 0 Å². The van der Waals surface area contributed by atoms with Gasteiger partial charge in [-0.3, -0.25) is 0 Å². The van der Waals surface area contributed by atoms with Crippen molar-refractivity contribution in [3.05, 3.63) is 12.2 Å². The van der Waals surface area contributed by atoms with E-state index in [1.807, 2.05) is 0 Å². The summed E-state index contributed by atoms with van der Waals surface area (Å²) in [5.74, 6) is -1.25. The van der Waals surface area contributed by atoms with Gasteiger partial charge in [0.05, 0.1) is 13.2 Å². The lowest BCUT2D eigenvalue weighted by atomic mass is 10.2. The maximum absolute atomic E-state index is 11.7. The van der Waals surface area contributed by atoms with Crippen LogP contribution in [0.1, 0.15) is 20.8 Å². The van der Waals surface area contributed by atoms with Gasteiger partial charge in [0.2, 0.25) is 0 Å². The molecule has 1 rings (SSSR count). The molecule has 0 aliphatic carbocycles. The molecule has 0 aromatic carbocycles. The molecular weight excluding hydrogens is 240 g/mol. The van der Waals surface area contributed by atoms with Gasteiger partial charge < -0.3 is 18.9 Å². The first kappa shape index (κ1) is 14.7. The molecule has 1 saturated heterocycles. The molecule has 0 radical (unpaired) electrons. The van der Waals surface area contributed by atoms with Crippen molar-refractivity contribution in [2.75, 3.05) is 13.2 Å². The minimum Gasteiger partial charge on any atom is -0.464 e. The molecular formula is C12H18O6. The average Bonchev–Trinajstić information content (AvgIpc) is 2.74. The highest BCUT2D eigenvalue weighted by atomic mass is 16.8. The van der Waals surface area contributed by atoms with Crippen LogP contribution in [0.5, 0.6) is 0 Å². The molecule has 6 heteroatoms. The van der Waals surface area contributed by atoms with E-state index in [1.165, 1.54) is 0 Å². The highest BCUT2D eigenvalue weighted by Crippen LogP contribution is 2.22. The van der Waals surface area contributed by atoms with Crippen LogP contribution in [0.15, 0.2) is 12.2 Å². The van der Waals surface area contributed by atoms with Crippen LogP contribution in [0.3, 0.4) is 0 Å². The van der Waals surface area contributed by atoms with Crippen LogP contribution < -0.4 is 0 Å². The van der Waals surface area contributed by atoms with Crippen molar-refractivity contribution in [3.8, 4) is 0 Å². The lowest BCUT2D eigenvalue weighted by Gasteiger charge is -2.13. The molecule has 0 amide bonds. The Morgan fingerprint density at radius 2 is 1.50 bits per heavy atom. The molecule has 2 atom stereocenters. The maximum Gasteiger partial charge on any atom is 0.338 e. The Hall–Kier alpha value is -1.40. The molecule has 0 aromatic heterocycles. The SMILES string of the molecule is C/C=C/C1O[C@H](C(=O)OCC)[C@@H](C(=O)OCC)O1. The van der Waals surface area contributed by atoms with E-state index in [0.29, 0.717) is 0 Å². The van der Waals surface area contributed by atoms with E-state index in [1.54, 1.807) is 32.9 Å². The van der Waals surface area contributed by atoms with Crippen molar-refractivity contribution in [2.45, 2.75) is 39.3 Å². The highest BCUT2D eigenvalue weighted by molar-refractivity contribution is 5.86. The largest absolute Gasteiger partial charge is 0.464 e. The van der Waals surface area contributed by atoms with Crippen LogP contribution in [0, 0.1) is 0 Å². The van der Waals surface area contributed by atoms with E-state index in [0.717, 1.165) is 0 Å². The summed E-state index contributed by atoms with van der Waals surface area (Å²) in [4.78, 5) is 23.3. The first-order valence-electron chi connectivity index (χ1n) is 5.91. The number of allylic oxidation sites excluding steroid dienone is 1. The molecule has 1 fully saturated rings. The second kappa shape index (κ2) is 7.13. The summed E-state index contributed by atoms with van der Waals surface area (Å²) in [6.45, 7) is 5.56. The fourth-order valence-corrected chi connectivity index (χ4v) is 1.52. The van der Waals surface area contributed by atoms with Crippen LogP contribution in [0.25, 0.3) is 0 Å². The van der Waals surface area contributed by atoms with Gasteiger partial charge in [0, 0.05) is 0 Å². The van der Waals surface area contributed by atoms with Gasteiger partial charge in [0.1, 0.15) is 0 Å². The van der Waals surface area contributed by atoms with Crippen LogP contribution in [-0.4, -0.2) is 43.7 Å². The number of hydrogen-bond donors (Lipinski definition) is 0. The van der Waals surface area contributed by atoms with Gasteiger partial charge in [-0.15, -0.1) is 0 Å². The highest BCUT2D eigenvalue weighted by Gasteiger charge is 2.46. The molecule has 1 aliphatic rings. The molecule has 102 valence electrons. The van der Waals surface area contributed by atoms with E-state index >= 15 is 0 Å². The molecule has 6 nitrogen and oxygen atoms in total. The van der Waals surface area contributed by atoms with Crippen molar-refractivity contribution >= 4 is 11.9 Å². The normalized spacial score (nSPS) is 24.4. The first-order valence-corrected chi connectivity index (χ1v) is 5.91. The number of carbonyl (C=O) groups excluding carboxylic acids is 2. The van der Waals surface area contributed by atoms with Gasteiger partial charge in [0.25, 0.3) is 0 Å². The molecule has 0 saturated carbocycles. The number of esters is 2. The molecule has 0 N–H and O–H groups in total. The summed E-state index contributed by atoms with van der Waals surface area (Å²) < 4.78 is 20.3. The molecule has 0 spiro atoms. The van der Waals surface area contributed by atoms with E-state index in [2.05, 4.69) is 0 Å². The van der Waals surface area contributed by atoms with E-state index in [-0.39, 0.29) is 13.2 Å². The van der Waals surface area contributed by atoms with Gasteiger partial charge >= 0.3 is 11.9 Å². The van der Waals surface area contributed by atoms with Gasteiger partial charge in [-0.25, -0.2) is 9.59 Å². The second-order valence-electron chi connectivity index (χ2n) is 3.51. The standard InChI is InChI=1S/C12H18O6/c1-4-7-8-17-9(11(13)15-5-2)10(18-8)12(14)16-6-3/h4,7-10H,5-6H2,1-3H3/b7-4+/t9-,10-/m0/s1. The number of carbonyl (C=O) groups is 2. The van der Waals surface area contributed by atoms with Gasteiger partial charge in [-0.2, -0.15) is 0 Å². The van der Waals surface area contributed by atoms with Crippen molar-refractivity contribution in [2.24, 2.45) is 0 Å². The fourth-order valence-electron chi connectivity index (χ4n) is 1.52. The third-order valence-corrected chi connectivity index (χ3v) is 2.22. The Balaban J connectivity index is 2.75. The van der Waals surface area contributed by atoms with Crippen LogP contribution in [0.2, 0.25) is 0 Å². The molecule has 0 bridgehead atoms. The van der Waals surface area contributed by atoms with E-state index < -0.39 is 30.4 Å². The summed E-state index contributed by atoms with van der Waals surface area (Å²) in [5.41, 5.74) is 0. The maximum atomic E-state index is 11.7. The Bertz CT molecular complexity index is 299. The summed E-state index contributed by atoms with van der Waals surface area (Å²) in [5, 5.41) is 0. The van der Waals surface area contributed by atoms with Gasteiger partial charge in [-0.05, 0) is 26.8 Å². The smallest absolute Gasteiger partial charge is 0.338 e. The van der Waals surface area contributed by atoms with Crippen molar-refractivity contribution in [1.29, 1.82) is 0 Å². The van der Waals surface area contributed by atoms with Crippen molar-refractivity contribution < 1.29 is 28.5 Å². The average molecular weight is 258 g/mol. The molecule has 18 heavy (non-hydrogen) atoms. The predicted octanol–water partition coefficient (Wildman–Crippen LogP) is 0.799. The van der Waals surface area contributed by atoms with Crippen molar-refractivity contribution in [3.63, 3.8) is 0 Å². The summed E-state index contributed by atoms with van der Waals surface area (Å²) in [7, 11) is 0. The lowest BCUT2D eigenvalue weighted by Crippen LogP contribution is -2.39. The minimum absolute atomic E-state index is 0.211. The Labute approximate surface area is 106 Å². The third kappa shape index (κ3) is 3.54. The zero-order valence-corrected chi connectivity index (χ0v) is 10.8. The minimum atomic E-state index is -1.08. The zero-order valence-electron chi connectivity index (χ0n) is 10.8. The predicted molar refractivity (Wildman–Crippen MR) is 61.6 cm³/mol. The summed E-state index contributed by atoms with van der Waals surface area (Å²) in [6, 6.07) is 0. The van der Waals surface area contributed by atoms with Crippen LogP contribution >= 0.6 is 0 Å². The topological polar surface area (TPSA) is 71.1 Å². The number of rotatable bonds is 5. The van der Waals surface area contributed by atoms with Gasteiger partial charge in [0.15, 0.2) is 18.5 Å². The van der Waals surface area contributed by atoms with E-state index in [4.69, 9.17) is 18.9 Å². The molecule has 1 heterocycles. The number of ether oxygens (including phenoxy) is 4. The molecule has 1 aliphatic heterocycles. The Morgan fingerprint density at radius 3 is 1.83 bits per heavy atom. The molecule has 0 aromatic rings. The zero-order chi connectivity index (χ0) is 13.5. The summed E-state index contributed by atoms with van der Waals surface area (Å²) >= 11 is 0. The second-order valence-corrected chi connectivity index (χ2v) is 3.51. The lowest BCUT2D eigenvalue weighted by molar-refractivity contribution is -0.163. The van der Waals surface area contributed by atoms with E-state index in [9.17, 15) is 9.59 Å². The van der Waals surface area contributed by atoms with Crippen LogP contribution in [-0.2, 0) is 28.5 Å². The Kier molecular flexibility index (Phi) is 5.80. The first-order chi connectivity index (χ1) is 8.63. The molecule has 0 unspecified atom stereocenters. The fraction of sp³-hybridized carbons (Fsp3) is 0.667. The Morgan fingerprint density at radius 1 is 1.06 bits per heavy atom. The monoisotopic (exact) mass is 258 g/mol. The number of hydrogen-bond acceptors (Lipinski definition) is 6. The van der Waals surface area contributed by atoms with Gasteiger partial charge in [-0.1, -0.05) is 6.08 Å². The van der Waals surface area contributed by atoms with Crippen molar-refractivity contribution in [1.82, 2.24) is 0 Å². The third-order valence-electron chi connectivity index (χ3n) is 2.22.